The molecule has 17 heavy (non-hydrogen) atoms. The quantitative estimate of drug-likeness (QED) is 0.671. The van der Waals surface area contributed by atoms with Crippen LogP contribution in [0.1, 0.15) is 59.3 Å². The van der Waals surface area contributed by atoms with Gasteiger partial charge in [-0.1, -0.05) is 26.7 Å². The predicted molar refractivity (Wildman–Crippen MR) is 71.9 cm³/mol. The van der Waals surface area contributed by atoms with Gasteiger partial charge in [0.2, 0.25) is 5.91 Å². The molecule has 0 aliphatic heterocycles. The number of amides is 1. The van der Waals surface area contributed by atoms with Crippen LogP contribution in [0.25, 0.3) is 0 Å². The normalized spacial score (nSPS) is 25.8. The van der Waals surface area contributed by atoms with Gasteiger partial charge in [0.1, 0.15) is 0 Å². The van der Waals surface area contributed by atoms with Gasteiger partial charge in [-0.2, -0.15) is 0 Å². The SMILES string of the molecule is CCCCCNC(=O)C(C)NC1CCC(C)C1. The van der Waals surface area contributed by atoms with Crippen LogP contribution >= 0.6 is 0 Å². The molecule has 1 rings (SSSR count). The smallest absolute Gasteiger partial charge is 0.236 e. The van der Waals surface area contributed by atoms with Gasteiger partial charge in [-0.05, 0) is 38.5 Å². The first-order valence-electron chi connectivity index (χ1n) is 7.17. The van der Waals surface area contributed by atoms with Crippen molar-refractivity contribution >= 4 is 5.91 Å². The van der Waals surface area contributed by atoms with Crippen LogP contribution in [0.2, 0.25) is 0 Å². The van der Waals surface area contributed by atoms with Gasteiger partial charge in [0, 0.05) is 12.6 Å². The molecule has 3 heteroatoms. The van der Waals surface area contributed by atoms with Crippen molar-refractivity contribution < 1.29 is 4.79 Å². The van der Waals surface area contributed by atoms with Gasteiger partial charge in [0.05, 0.1) is 6.04 Å². The first-order chi connectivity index (χ1) is 8.13. The second-order valence-electron chi connectivity index (χ2n) is 5.50. The van der Waals surface area contributed by atoms with E-state index >= 15 is 0 Å². The molecule has 0 heterocycles. The zero-order valence-electron chi connectivity index (χ0n) is 11.6. The second kappa shape index (κ2) is 7.70. The highest BCUT2D eigenvalue weighted by atomic mass is 16.2. The van der Waals surface area contributed by atoms with E-state index in [0.717, 1.165) is 18.9 Å². The zero-order chi connectivity index (χ0) is 12.7. The molecule has 3 nitrogen and oxygen atoms in total. The molecule has 3 unspecified atom stereocenters. The fourth-order valence-corrected chi connectivity index (χ4v) is 2.53. The third kappa shape index (κ3) is 5.53. The van der Waals surface area contributed by atoms with Crippen molar-refractivity contribution in [2.75, 3.05) is 6.54 Å². The van der Waals surface area contributed by atoms with Gasteiger partial charge >= 0.3 is 0 Å². The Morgan fingerprint density at radius 2 is 2.12 bits per heavy atom. The van der Waals surface area contributed by atoms with E-state index in [1.54, 1.807) is 0 Å². The Morgan fingerprint density at radius 1 is 1.35 bits per heavy atom. The summed E-state index contributed by atoms with van der Waals surface area (Å²) in [5.41, 5.74) is 0. The van der Waals surface area contributed by atoms with Crippen LogP contribution in [0.3, 0.4) is 0 Å². The maximum Gasteiger partial charge on any atom is 0.236 e. The molecule has 0 aromatic carbocycles. The maximum atomic E-state index is 11.8. The van der Waals surface area contributed by atoms with E-state index in [4.69, 9.17) is 0 Å². The van der Waals surface area contributed by atoms with Crippen molar-refractivity contribution in [3.8, 4) is 0 Å². The van der Waals surface area contributed by atoms with E-state index in [0.29, 0.717) is 6.04 Å². The van der Waals surface area contributed by atoms with E-state index in [2.05, 4.69) is 24.5 Å². The first-order valence-corrected chi connectivity index (χ1v) is 7.17. The van der Waals surface area contributed by atoms with E-state index in [1.807, 2.05) is 6.92 Å². The van der Waals surface area contributed by atoms with Crippen molar-refractivity contribution in [2.24, 2.45) is 5.92 Å². The minimum Gasteiger partial charge on any atom is -0.355 e. The zero-order valence-corrected chi connectivity index (χ0v) is 11.6. The largest absolute Gasteiger partial charge is 0.355 e. The molecule has 0 aromatic heterocycles. The summed E-state index contributed by atoms with van der Waals surface area (Å²) in [6.45, 7) is 7.25. The summed E-state index contributed by atoms with van der Waals surface area (Å²) >= 11 is 0. The van der Waals surface area contributed by atoms with Crippen LogP contribution in [-0.4, -0.2) is 24.5 Å². The van der Waals surface area contributed by atoms with Crippen LogP contribution in [0, 0.1) is 5.92 Å². The standard InChI is InChI=1S/C14H28N2O/c1-4-5-6-9-15-14(17)12(3)16-13-8-7-11(2)10-13/h11-13,16H,4-10H2,1-3H3,(H,15,17). The minimum absolute atomic E-state index is 0.0491. The molecule has 0 radical (unpaired) electrons. The van der Waals surface area contributed by atoms with E-state index in [-0.39, 0.29) is 11.9 Å². The van der Waals surface area contributed by atoms with Crippen LogP contribution < -0.4 is 10.6 Å². The molecule has 0 saturated heterocycles. The van der Waals surface area contributed by atoms with Crippen molar-refractivity contribution in [2.45, 2.75) is 71.4 Å². The molecule has 100 valence electrons. The van der Waals surface area contributed by atoms with E-state index < -0.39 is 0 Å². The Morgan fingerprint density at radius 3 is 2.71 bits per heavy atom. The number of carbonyl (C=O) groups is 1. The Bertz CT molecular complexity index is 230. The Balaban J connectivity index is 2.13. The number of hydrogen-bond acceptors (Lipinski definition) is 2. The number of carbonyl (C=O) groups excluding carboxylic acids is 1. The number of nitrogens with one attached hydrogen (secondary N) is 2. The summed E-state index contributed by atoms with van der Waals surface area (Å²) in [5.74, 6) is 0.966. The molecule has 1 saturated carbocycles. The fraction of sp³-hybridized carbons (Fsp3) is 0.929. The Kier molecular flexibility index (Phi) is 6.56. The average Bonchev–Trinajstić information content (AvgIpc) is 2.70. The maximum absolute atomic E-state index is 11.8. The Hall–Kier alpha value is -0.570. The monoisotopic (exact) mass is 240 g/mol. The highest BCUT2D eigenvalue weighted by molar-refractivity contribution is 5.81. The number of unbranched alkanes of at least 4 members (excludes halogenated alkanes) is 2. The lowest BCUT2D eigenvalue weighted by Gasteiger charge is -2.19. The summed E-state index contributed by atoms with van der Waals surface area (Å²) in [6.07, 6.45) is 7.21. The molecule has 1 amide bonds. The van der Waals surface area contributed by atoms with Crippen LogP contribution in [-0.2, 0) is 4.79 Å². The van der Waals surface area contributed by atoms with E-state index in [1.165, 1.54) is 32.1 Å². The molecular formula is C14H28N2O. The Labute approximate surface area is 106 Å². The van der Waals surface area contributed by atoms with Gasteiger partial charge < -0.3 is 10.6 Å². The van der Waals surface area contributed by atoms with Crippen molar-refractivity contribution in [1.82, 2.24) is 10.6 Å². The molecule has 1 fully saturated rings. The molecule has 1 aliphatic carbocycles. The predicted octanol–water partition coefficient (Wildman–Crippen LogP) is 2.46. The molecule has 0 bridgehead atoms. The molecule has 0 aromatic rings. The van der Waals surface area contributed by atoms with Crippen molar-refractivity contribution in [3.63, 3.8) is 0 Å². The van der Waals surface area contributed by atoms with E-state index in [9.17, 15) is 4.79 Å². The molecule has 1 aliphatic rings. The molecular weight excluding hydrogens is 212 g/mol. The first kappa shape index (κ1) is 14.5. The highest BCUT2D eigenvalue weighted by Crippen LogP contribution is 2.24. The topological polar surface area (TPSA) is 41.1 Å². The van der Waals surface area contributed by atoms with Gasteiger partial charge in [-0.3, -0.25) is 4.79 Å². The molecule has 0 spiro atoms. The minimum atomic E-state index is -0.0491. The summed E-state index contributed by atoms with van der Waals surface area (Å²) in [6, 6.07) is 0.494. The van der Waals surface area contributed by atoms with Crippen molar-refractivity contribution in [3.05, 3.63) is 0 Å². The third-order valence-electron chi connectivity index (χ3n) is 3.65. The lowest BCUT2D eigenvalue weighted by molar-refractivity contribution is -0.122. The summed E-state index contributed by atoms with van der Waals surface area (Å²) in [4.78, 5) is 11.8. The van der Waals surface area contributed by atoms with Crippen molar-refractivity contribution in [1.29, 1.82) is 0 Å². The van der Waals surface area contributed by atoms with Gasteiger partial charge in [-0.25, -0.2) is 0 Å². The van der Waals surface area contributed by atoms with Crippen LogP contribution in [0.15, 0.2) is 0 Å². The second-order valence-corrected chi connectivity index (χ2v) is 5.50. The average molecular weight is 240 g/mol. The van der Waals surface area contributed by atoms with Gasteiger partial charge in [-0.15, -0.1) is 0 Å². The summed E-state index contributed by atoms with van der Waals surface area (Å²) in [5, 5.41) is 6.44. The summed E-state index contributed by atoms with van der Waals surface area (Å²) < 4.78 is 0. The highest BCUT2D eigenvalue weighted by Gasteiger charge is 2.24. The lowest BCUT2D eigenvalue weighted by Crippen LogP contribution is -2.46. The molecule has 2 N–H and O–H groups in total. The molecule has 3 atom stereocenters. The number of rotatable bonds is 7. The van der Waals surface area contributed by atoms with Crippen LogP contribution in [0.5, 0.6) is 0 Å². The van der Waals surface area contributed by atoms with Crippen LogP contribution in [0.4, 0.5) is 0 Å². The number of hydrogen-bond donors (Lipinski definition) is 2. The third-order valence-corrected chi connectivity index (χ3v) is 3.65. The van der Waals surface area contributed by atoms with Gasteiger partial charge in [0.15, 0.2) is 0 Å². The fourth-order valence-electron chi connectivity index (χ4n) is 2.53. The van der Waals surface area contributed by atoms with Gasteiger partial charge in [0.25, 0.3) is 0 Å². The lowest BCUT2D eigenvalue weighted by atomic mass is 10.1. The summed E-state index contributed by atoms with van der Waals surface area (Å²) in [7, 11) is 0.